The van der Waals surface area contributed by atoms with Crippen molar-refractivity contribution < 1.29 is 9.66 Å². The molecule has 0 N–H and O–H groups in total. The Morgan fingerprint density at radius 3 is 2.71 bits per heavy atom. The highest BCUT2D eigenvalue weighted by Gasteiger charge is 2.16. The lowest BCUT2D eigenvalue weighted by atomic mass is 10.2. The van der Waals surface area contributed by atoms with Gasteiger partial charge in [0.2, 0.25) is 0 Å². The number of ether oxygens (including phenoxy) is 1. The maximum absolute atomic E-state index is 10.6. The normalized spacial score (nSPS) is 9.93. The molecule has 0 fully saturated rings. The maximum Gasteiger partial charge on any atom is 0.275 e. The molecule has 1 aromatic carbocycles. The van der Waals surface area contributed by atoms with Crippen molar-refractivity contribution in [1.82, 2.24) is 0 Å². The number of hydrogen-bond acceptors (Lipinski definition) is 3. The Kier molecular flexibility index (Phi) is 3.71. The van der Waals surface area contributed by atoms with E-state index in [2.05, 4.69) is 15.9 Å². The van der Waals surface area contributed by atoms with E-state index in [4.69, 9.17) is 16.3 Å². The Morgan fingerprint density at radius 2 is 2.29 bits per heavy atom. The van der Waals surface area contributed by atoms with Crippen molar-refractivity contribution in [3.63, 3.8) is 0 Å². The van der Waals surface area contributed by atoms with Crippen LogP contribution in [-0.2, 0) is 5.33 Å². The minimum Gasteiger partial charge on any atom is -0.495 e. The average molecular weight is 281 g/mol. The first-order chi connectivity index (χ1) is 6.60. The van der Waals surface area contributed by atoms with Gasteiger partial charge in [0.15, 0.2) is 0 Å². The predicted molar refractivity (Wildman–Crippen MR) is 57.3 cm³/mol. The van der Waals surface area contributed by atoms with Crippen LogP contribution in [0.3, 0.4) is 0 Å². The van der Waals surface area contributed by atoms with Gasteiger partial charge in [0.05, 0.1) is 17.1 Å². The SMILES string of the molecule is COc1cc(CBr)c([N+](=O)[O-])cc1Cl. The molecule has 76 valence electrons. The standard InChI is InChI=1S/C8H7BrClNO3/c1-14-8-2-5(4-9)7(11(12)13)3-6(8)10/h2-3H,4H2,1H3. The summed E-state index contributed by atoms with van der Waals surface area (Å²) in [4.78, 5) is 10.1. The summed E-state index contributed by atoms with van der Waals surface area (Å²) in [6, 6.07) is 2.84. The monoisotopic (exact) mass is 279 g/mol. The molecule has 0 aliphatic rings. The van der Waals surface area contributed by atoms with Gasteiger partial charge in [-0.25, -0.2) is 0 Å². The summed E-state index contributed by atoms with van der Waals surface area (Å²) in [5.74, 6) is 0.437. The fraction of sp³-hybridized carbons (Fsp3) is 0.250. The van der Waals surface area contributed by atoms with E-state index in [9.17, 15) is 10.1 Å². The van der Waals surface area contributed by atoms with E-state index in [0.29, 0.717) is 16.6 Å². The summed E-state index contributed by atoms with van der Waals surface area (Å²) in [5.41, 5.74) is 0.531. The smallest absolute Gasteiger partial charge is 0.275 e. The van der Waals surface area contributed by atoms with Gasteiger partial charge in [-0.15, -0.1) is 0 Å². The molecule has 0 aliphatic carbocycles. The minimum absolute atomic E-state index is 0.00678. The number of nitro groups is 1. The first-order valence-electron chi connectivity index (χ1n) is 3.67. The molecule has 0 radical (unpaired) electrons. The molecule has 0 bridgehead atoms. The van der Waals surface area contributed by atoms with Crippen LogP contribution in [0.2, 0.25) is 5.02 Å². The lowest BCUT2D eigenvalue weighted by Crippen LogP contribution is -1.95. The lowest BCUT2D eigenvalue weighted by Gasteiger charge is -2.05. The second kappa shape index (κ2) is 4.61. The van der Waals surface area contributed by atoms with Crippen LogP contribution in [0.1, 0.15) is 5.56 Å². The molecule has 0 unspecified atom stereocenters. The van der Waals surface area contributed by atoms with Gasteiger partial charge in [0, 0.05) is 17.0 Å². The molecule has 0 heterocycles. The van der Waals surface area contributed by atoms with Crippen molar-refractivity contribution in [3.05, 3.63) is 32.8 Å². The highest BCUT2D eigenvalue weighted by Crippen LogP contribution is 2.33. The van der Waals surface area contributed by atoms with Crippen molar-refractivity contribution >= 4 is 33.2 Å². The third-order valence-electron chi connectivity index (χ3n) is 1.69. The molecule has 4 nitrogen and oxygen atoms in total. The fourth-order valence-corrected chi connectivity index (χ4v) is 1.70. The van der Waals surface area contributed by atoms with Gasteiger partial charge in [-0.05, 0) is 6.07 Å². The molecule has 1 rings (SSSR count). The first-order valence-corrected chi connectivity index (χ1v) is 5.17. The van der Waals surface area contributed by atoms with E-state index in [1.165, 1.54) is 13.2 Å². The highest BCUT2D eigenvalue weighted by atomic mass is 79.9. The van der Waals surface area contributed by atoms with Crippen molar-refractivity contribution in [3.8, 4) is 5.75 Å². The van der Waals surface area contributed by atoms with Crippen molar-refractivity contribution in [2.45, 2.75) is 5.33 Å². The largest absolute Gasteiger partial charge is 0.495 e. The van der Waals surface area contributed by atoms with Gasteiger partial charge in [0.1, 0.15) is 5.75 Å². The molecule has 14 heavy (non-hydrogen) atoms. The third-order valence-corrected chi connectivity index (χ3v) is 2.59. The van der Waals surface area contributed by atoms with E-state index in [1.807, 2.05) is 0 Å². The van der Waals surface area contributed by atoms with Crippen LogP contribution >= 0.6 is 27.5 Å². The third kappa shape index (κ3) is 2.16. The number of nitrogens with zero attached hydrogens (tertiary/aromatic N) is 1. The van der Waals surface area contributed by atoms with Gasteiger partial charge in [0.25, 0.3) is 5.69 Å². The van der Waals surface area contributed by atoms with E-state index in [1.54, 1.807) is 6.07 Å². The van der Waals surface area contributed by atoms with E-state index in [-0.39, 0.29) is 10.7 Å². The Bertz CT molecular complexity index is 370. The average Bonchev–Trinajstić information content (AvgIpc) is 2.17. The lowest BCUT2D eigenvalue weighted by molar-refractivity contribution is -0.385. The van der Waals surface area contributed by atoms with Gasteiger partial charge >= 0.3 is 0 Å². The van der Waals surface area contributed by atoms with E-state index < -0.39 is 4.92 Å². The van der Waals surface area contributed by atoms with Crippen molar-refractivity contribution in [2.24, 2.45) is 0 Å². The molecule has 0 spiro atoms. The van der Waals surface area contributed by atoms with Crippen LogP contribution in [0.4, 0.5) is 5.69 Å². The minimum atomic E-state index is -0.470. The van der Waals surface area contributed by atoms with Crippen molar-refractivity contribution in [1.29, 1.82) is 0 Å². The molecular formula is C8H7BrClNO3. The molecule has 0 aliphatic heterocycles. The van der Waals surface area contributed by atoms with Crippen LogP contribution in [0, 0.1) is 10.1 Å². The first kappa shape index (κ1) is 11.3. The highest BCUT2D eigenvalue weighted by molar-refractivity contribution is 9.08. The van der Waals surface area contributed by atoms with Gasteiger partial charge in [-0.3, -0.25) is 10.1 Å². The van der Waals surface area contributed by atoms with Gasteiger partial charge < -0.3 is 4.74 Å². The zero-order chi connectivity index (χ0) is 10.7. The summed E-state index contributed by atoms with van der Waals surface area (Å²) >= 11 is 8.92. The molecule has 0 saturated heterocycles. The molecule has 0 aromatic heterocycles. The summed E-state index contributed by atoms with van der Waals surface area (Å²) in [5, 5.41) is 11.2. The number of rotatable bonds is 3. The van der Waals surface area contributed by atoms with Crippen LogP contribution in [-0.4, -0.2) is 12.0 Å². The Labute approximate surface area is 94.1 Å². The zero-order valence-electron chi connectivity index (χ0n) is 7.29. The topological polar surface area (TPSA) is 52.4 Å². The number of alkyl halides is 1. The van der Waals surface area contributed by atoms with Gasteiger partial charge in [-0.1, -0.05) is 27.5 Å². The Balaban J connectivity index is 3.31. The van der Waals surface area contributed by atoms with E-state index in [0.717, 1.165) is 0 Å². The maximum atomic E-state index is 10.6. The van der Waals surface area contributed by atoms with Crippen LogP contribution in [0.25, 0.3) is 0 Å². The molecule has 0 saturated carbocycles. The molecule has 6 heteroatoms. The summed E-state index contributed by atoms with van der Waals surface area (Å²) in [7, 11) is 1.46. The second-order valence-electron chi connectivity index (χ2n) is 2.51. The summed E-state index contributed by atoms with van der Waals surface area (Å²) in [6.45, 7) is 0. The molecule has 0 atom stereocenters. The predicted octanol–water partition coefficient (Wildman–Crippen LogP) is 3.15. The number of hydrogen-bond donors (Lipinski definition) is 0. The Morgan fingerprint density at radius 1 is 1.64 bits per heavy atom. The molecule has 1 aromatic rings. The Hall–Kier alpha value is -0.810. The quantitative estimate of drug-likeness (QED) is 0.485. The number of nitro benzene ring substituents is 1. The second-order valence-corrected chi connectivity index (χ2v) is 3.47. The van der Waals surface area contributed by atoms with Gasteiger partial charge in [-0.2, -0.15) is 0 Å². The van der Waals surface area contributed by atoms with E-state index >= 15 is 0 Å². The summed E-state index contributed by atoms with van der Waals surface area (Å²) in [6.07, 6.45) is 0. The number of halogens is 2. The van der Waals surface area contributed by atoms with Crippen LogP contribution in [0.5, 0.6) is 5.75 Å². The number of methoxy groups -OCH3 is 1. The fourth-order valence-electron chi connectivity index (χ4n) is 1.02. The van der Waals surface area contributed by atoms with Crippen LogP contribution in [0.15, 0.2) is 12.1 Å². The summed E-state index contributed by atoms with van der Waals surface area (Å²) < 4.78 is 4.95. The van der Waals surface area contributed by atoms with Crippen LogP contribution < -0.4 is 4.74 Å². The van der Waals surface area contributed by atoms with Crippen molar-refractivity contribution in [2.75, 3.05) is 7.11 Å². The molecule has 0 amide bonds. The zero-order valence-corrected chi connectivity index (χ0v) is 9.63. The molecular weight excluding hydrogens is 273 g/mol. The number of benzene rings is 1.